The van der Waals surface area contributed by atoms with Gasteiger partial charge in [0.05, 0.1) is 6.20 Å². The first-order valence-electron chi connectivity index (χ1n) is 7.55. The molecule has 0 spiro atoms. The van der Waals surface area contributed by atoms with Gasteiger partial charge in [-0.1, -0.05) is 19.3 Å². The van der Waals surface area contributed by atoms with E-state index in [4.69, 9.17) is 0 Å². The van der Waals surface area contributed by atoms with Gasteiger partial charge in [0.1, 0.15) is 0 Å². The lowest BCUT2D eigenvalue weighted by molar-refractivity contribution is 0.374. The number of nitrogens with zero attached hydrogens (tertiary/aromatic N) is 2. The third-order valence-corrected chi connectivity index (χ3v) is 4.56. The van der Waals surface area contributed by atoms with Crippen LogP contribution in [-0.2, 0) is 7.05 Å². The summed E-state index contributed by atoms with van der Waals surface area (Å²) in [5.74, 6) is 1.55. The summed E-state index contributed by atoms with van der Waals surface area (Å²) < 4.78 is 1.95. The Kier molecular flexibility index (Phi) is 3.69. The predicted octanol–water partition coefficient (Wildman–Crippen LogP) is 2.84. The van der Waals surface area contributed by atoms with Crippen LogP contribution in [0.1, 0.15) is 56.4 Å². The lowest BCUT2D eigenvalue weighted by Gasteiger charge is -2.24. The maximum atomic E-state index is 4.36. The average molecular weight is 247 g/mol. The van der Waals surface area contributed by atoms with E-state index in [2.05, 4.69) is 22.8 Å². The molecule has 2 atom stereocenters. The fourth-order valence-corrected chi connectivity index (χ4v) is 3.30. The molecule has 2 saturated carbocycles. The van der Waals surface area contributed by atoms with Gasteiger partial charge in [0, 0.05) is 19.3 Å². The van der Waals surface area contributed by atoms with Crippen molar-refractivity contribution in [1.29, 1.82) is 0 Å². The second-order valence-corrected chi connectivity index (χ2v) is 6.13. The number of hydrogen-bond acceptors (Lipinski definition) is 2. The third kappa shape index (κ3) is 2.94. The van der Waals surface area contributed by atoms with E-state index in [0.717, 1.165) is 17.9 Å². The Bertz CT molecular complexity index is 381. The van der Waals surface area contributed by atoms with E-state index in [1.807, 2.05) is 11.7 Å². The smallest absolute Gasteiger partial charge is 0.0524 e. The summed E-state index contributed by atoms with van der Waals surface area (Å²) in [7, 11) is 2.03. The maximum absolute atomic E-state index is 4.36. The highest BCUT2D eigenvalue weighted by Gasteiger charge is 2.28. The second kappa shape index (κ2) is 5.43. The molecule has 0 radical (unpaired) electrons. The van der Waals surface area contributed by atoms with Crippen LogP contribution in [0.5, 0.6) is 0 Å². The summed E-state index contributed by atoms with van der Waals surface area (Å²) in [6.07, 6.45) is 14.0. The van der Waals surface area contributed by atoms with E-state index in [-0.39, 0.29) is 0 Å². The molecule has 18 heavy (non-hydrogen) atoms. The van der Waals surface area contributed by atoms with Gasteiger partial charge in [-0.25, -0.2) is 0 Å². The Hall–Kier alpha value is -0.830. The van der Waals surface area contributed by atoms with Crippen LogP contribution in [0.15, 0.2) is 12.4 Å². The Balaban J connectivity index is 1.68. The highest BCUT2D eigenvalue weighted by molar-refractivity contribution is 5.13. The number of nitrogens with one attached hydrogen (secondary N) is 1. The van der Waals surface area contributed by atoms with Gasteiger partial charge in [0.15, 0.2) is 0 Å². The van der Waals surface area contributed by atoms with Crippen molar-refractivity contribution in [3.63, 3.8) is 0 Å². The Morgan fingerprint density at radius 2 is 2.06 bits per heavy atom. The van der Waals surface area contributed by atoms with Crippen molar-refractivity contribution < 1.29 is 0 Å². The van der Waals surface area contributed by atoms with Gasteiger partial charge >= 0.3 is 0 Å². The van der Waals surface area contributed by atoms with Gasteiger partial charge < -0.3 is 5.32 Å². The van der Waals surface area contributed by atoms with Crippen molar-refractivity contribution in [2.24, 2.45) is 13.0 Å². The molecule has 1 heterocycles. The predicted molar refractivity (Wildman–Crippen MR) is 73.5 cm³/mol. The summed E-state index contributed by atoms with van der Waals surface area (Å²) >= 11 is 0. The largest absolute Gasteiger partial charge is 0.314 e. The summed E-state index contributed by atoms with van der Waals surface area (Å²) in [5.41, 5.74) is 1.46. The van der Waals surface area contributed by atoms with E-state index >= 15 is 0 Å². The van der Waals surface area contributed by atoms with E-state index in [0.29, 0.717) is 0 Å². The number of aryl methyl sites for hydroxylation is 1. The molecule has 100 valence electrons. The molecule has 3 rings (SSSR count). The van der Waals surface area contributed by atoms with Crippen LogP contribution >= 0.6 is 0 Å². The van der Waals surface area contributed by atoms with E-state index in [1.54, 1.807) is 0 Å². The molecule has 0 saturated heterocycles. The Labute approximate surface area is 110 Å². The molecule has 0 aromatic carbocycles. The quantitative estimate of drug-likeness (QED) is 0.829. The molecular formula is C15H25N3. The van der Waals surface area contributed by atoms with E-state index < -0.39 is 0 Å². The summed E-state index contributed by atoms with van der Waals surface area (Å²) in [6.45, 7) is 1.21. The van der Waals surface area contributed by atoms with E-state index in [9.17, 15) is 0 Å². The van der Waals surface area contributed by atoms with Crippen molar-refractivity contribution >= 4 is 0 Å². The van der Waals surface area contributed by atoms with E-state index in [1.165, 1.54) is 57.1 Å². The lowest BCUT2D eigenvalue weighted by Crippen LogP contribution is -2.28. The van der Waals surface area contributed by atoms with Crippen molar-refractivity contribution in [3.05, 3.63) is 18.0 Å². The molecule has 1 aromatic rings. The van der Waals surface area contributed by atoms with Gasteiger partial charge in [0.25, 0.3) is 0 Å². The van der Waals surface area contributed by atoms with Crippen LogP contribution in [0.4, 0.5) is 0 Å². The molecule has 0 aliphatic heterocycles. The van der Waals surface area contributed by atoms with Gasteiger partial charge in [-0.3, -0.25) is 4.68 Å². The molecule has 2 aliphatic rings. The Morgan fingerprint density at radius 1 is 1.22 bits per heavy atom. The molecule has 3 nitrogen and oxygen atoms in total. The van der Waals surface area contributed by atoms with Crippen LogP contribution in [0.3, 0.4) is 0 Å². The molecule has 0 bridgehead atoms. The zero-order valence-corrected chi connectivity index (χ0v) is 11.4. The number of rotatable bonds is 4. The number of hydrogen-bond donors (Lipinski definition) is 1. The monoisotopic (exact) mass is 247 g/mol. The van der Waals surface area contributed by atoms with Crippen molar-refractivity contribution in [2.45, 2.75) is 56.9 Å². The molecule has 1 N–H and O–H groups in total. The standard InChI is InChI=1S/C15H25N3/c1-18-11-13(10-17-18)15-6-4-2-3-5-12(15)9-16-14-7-8-14/h10-12,14-16H,2-9H2,1H3. The topological polar surface area (TPSA) is 29.9 Å². The van der Waals surface area contributed by atoms with Gasteiger partial charge in [-0.2, -0.15) is 5.10 Å². The molecule has 0 amide bonds. The maximum Gasteiger partial charge on any atom is 0.0524 e. The molecule has 1 aromatic heterocycles. The van der Waals surface area contributed by atoms with Gasteiger partial charge in [-0.05, 0) is 49.6 Å². The highest BCUT2D eigenvalue weighted by Crippen LogP contribution is 2.36. The average Bonchev–Trinajstić information content (AvgIpc) is 3.13. The van der Waals surface area contributed by atoms with Crippen LogP contribution in [-0.4, -0.2) is 22.4 Å². The fraction of sp³-hybridized carbons (Fsp3) is 0.800. The minimum Gasteiger partial charge on any atom is -0.314 e. The minimum atomic E-state index is 0.729. The third-order valence-electron chi connectivity index (χ3n) is 4.56. The first kappa shape index (κ1) is 12.2. The lowest BCUT2D eigenvalue weighted by atomic mass is 9.84. The molecule has 2 unspecified atom stereocenters. The molecule has 2 fully saturated rings. The van der Waals surface area contributed by atoms with Gasteiger partial charge in [-0.15, -0.1) is 0 Å². The first-order chi connectivity index (χ1) is 8.83. The van der Waals surface area contributed by atoms with Gasteiger partial charge in [0.2, 0.25) is 0 Å². The summed E-state index contributed by atoms with van der Waals surface area (Å²) in [6, 6.07) is 0.836. The summed E-state index contributed by atoms with van der Waals surface area (Å²) in [5, 5.41) is 8.09. The highest BCUT2D eigenvalue weighted by atomic mass is 15.2. The Morgan fingerprint density at radius 3 is 2.78 bits per heavy atom. The van der Waals surface area contributed by atoms with Crippen LogP contribution in [0.2, 0.25) is 0 Å². The summed E-state index contributed by atoms with van der Waals surface area (Å²) in [4.78, 5) is 0. The zero-order valence-electron chi connectivity index (χ0n) is 11.4. The van der Waals surface area contributed by atoms with Crippen molar-refractivity contribution in [3.8, 4) is 0 Å². The molecular weight excluding hydrogens is 222 g/mol. The van der Waals surface area contributed by atoms with Crippen molar-refractivity contribution in [2.75, 3.05) is 6.54 Å². The second-order valence-electron chi connectivity index (χ2n) is 6.13. The van der Waals surface area contributed by atoms with Crippen LogP contribution in [0, 0.1) is 5.92 Å². The first-order valence-corrected chi connectivity index (χ1v) is 7.55. The minimum absolute atomic E-state index is 0.729. The SMILES string of the molecule is Cn1cc(C2CCCCCC2CNC2CC2)cn1. The normalized spacial score (nSPS) is 29.2. The fourth-order valence-electron chi connectivity index (χ4n) is 3.30. The molecule has 3 heteroatoms. The zero-order chi connectivity index (χ0) is 12.4. The number of aromatic nitrogens is 2. The van der Waals surface area contributed by atoms with Crippen LogP contribution < -0.4 is 5.32 Å². The van der Waals surface area contributed by atoms with Crippen LogP contribution in [0.25, 0.3) is 0 Å². The molecule has 2 aliphatic carbocycles. The van der Waals surface area contributed by atoms with Crippen molar-refractivity contribution in [1.82, 2.24) is 15.1 Å².